The number of carbonyl (C=O) groups excluding carboxylic acids is 1. The Balaban J connectivity index is 1.62. The molecule has 6 heteroatoms. The van der Waals surface area contributed by atoms with Gasteiger partial charge in [0.05, 0.1) is 0 Å². The van der Waals surface area contributed by atoms with E-state index >= 15 is 0 Å². The first kappa shape index (κ1) is 16.4. The molecule has 0 saturated carbocycles. The fourth-order valence-corrected chi connectivity index (χ4v) is 3.06. The zero-order valence-electron chi connectivity index (χ0n) is 14.2. The Morgan fingerprint density at radius 3 is 2.79 bits per heavy atom. The highest BCUT2D eigenvalue weighted by molar-refractivity contribution is 5.73. The fraction of sp³-hybridized carbons (Fsp3) is 0.444. The molecular weight excluding hydrogens is 302 g/mol. The monoisotopic (exact) mass is 325 g/mol. The van der Waals surface area contributed by atoms with Crippen LogP contribution >= 0.6 is 0 Å². The molecule has 3 heterocycles. The summed E-state index contributed by atoms with van der Waals surface area (Å²) >= 11 is 0. The zero-order valence-corrected chi connectivity index (χ0v) is 14.2. The van der Waals surface area contributed by atoms with Crippen LogP contribution in [-0.4, -0.2) is 38.8 Å². The van der Waals surface area contributed by atoms with Gasteiger partial charge in [-0.05, 0) is 43.7 Å². The van der Waals surface area contributed by atoms with E-state index in [0.717, 1.165) is 55.2 Å². The third-order valence-corrected chi connectivity index (χ3v) is 4.54. The number of hydrogen-bond acceptors (Lipinski definition) is 5. The van der Waals surface area contributed by atoms with Gasteiger partial charge in [0.25, 0.3) is 0 Å². The second-order valence-corrected chi connectivity index (χ2v) is 6.34. The first-order chi connectivity index (χ1) is 11.6. The summed E-state index contributed by atoms with van der Waals surface area (Å²) in [5, 5.41) is 3.26. The van der Waals surface area contributed by atoms with E-state index in [4.69, 9.17) is 0 Å². The zero-order chi connectivity index (χ0) is 16.9. The average Bonchev–Trinajstić information content (AvgIpc) is 2.58. The topological polar surface area (TPSA) is 71.0 Å². The van der Waals surface area contributed by atoms with E-state index in [0.29, 0.717) is 5.92 Å². The number of amides is 1. The van der Waals surface area contributed by atoms with E-state index < -0.39 is 0 Å². The Morgan fingerprint density at radius 1 is 1.29 bits per heavy atom. The molecule has 6 nitrogen and oxygen atoms in total. The number of aryl methyl sites for hydroxylation is 1. The predicted molar refractivity (Wildman–Crippen MR) is 93.0 cm³/mol. The van der Waals surface area contributed by atoms with E-state index in [1.807, 2.05) is 30.0 Å². The molecule has 24 heavy (non-hydrogen) atoms. The molecule has 0 unspecified atom stereocenters. The first-order valence-corrected chi connectivity index (χ1v) is 8.37. The quantitative estimate of drug-likeness (QED) is 0.936. The number of hydrogen-bond donors (Lipinski definition) is 1. The highest BCUT2D eigenvalue weighted by atomic mass is 16.2. The standard InChI is InChI=1S/C18H23N5O/c1-13-4-3-7-19-18(13)22-17-11-16(20-12-21-17)10-15-5-8-23(9-6-15)14(2)24/h3-4,7,11-12,15H,5-6,8-10H2,1-2H3,(H,19,20,21,22). The normalized spacial score (nSPS) is 15.3. The van der Waals surface area contributed by atoms with E-state index in [1.54, 1.807) is 19.4 Å². The van der Waals surface area contributed by atoms with Gasteiger partial charge >= 0.3 is 0 Å². The maximum atomic E-state index is 11.4. The van der Waals surface area contributed by atoms with Gasteiger partial charge in [-0.2, -0.15) is 0 Å². The smallest absolute Gasteiger partial charge is 0.219 e. The lowest BCUT2D eigenvalue weighted by atomic mass is 9.92. The van der Waals surface area contributed by atoms with Gasteiger partial charge < -0.3 is 10.2 Å². The summed E-state index contributed by atoms with van der Waals surface area (Å²) in [5.74, 6) is 2.33. The molecular formula is C18H23N5O. The van der Waals surface area contributed by atoms with Crippen LogP contribution in [0.5, 0.6) is 0 Å². The molecule has 0 bridgehead atoms. The molecule has 126 valence electrons. The number of anilines is 2. The third-order valence-electron chi connectivity index (χ3n) is 4.54. The summed E-state index contributed by atoms with van der Waals surface area (Å²) in [6.45, 7) is 5.36. The van der Waals surface area contributed by atoms with E-state index in [9.17, 15) is 4.79 Å². The van der Waals surface area contributed by atoms with Gasteiger partial charge in [0.2, 0.25) is 5.91 Å². The molecule has 1 fully saturated rings. The molecule has 1 aliphatic heterocycles. The molecule has 1 saturated heterocycles. The van der Waals surface area contributed by atoms with Crippen LogP contribution in [0.1, 0.15) is 31.0 Å². The summed E-state index contributed by atoms with van der Waals surface area (Å²) in [6, 6.07) is 5.92. The SMILES string of the molecule is CC(=O)N1CCC(Cc2cc(Nc3ncccc3C)ncn2)CC1. The van der Waals surface area contributed by atoms with E-state index in [-0.39, 0.29) is 5.91 Å². The van der Waals surface area contributed by atoms with Crippen molar-refractivity contribution in [3.63, 3.8) is 0 Å². The number of piperidine rings is 1. The average molecular weight is 325 g/mol. The van der Waals surface area contributed by atoms with Crippen molar-refractivity contribution in [3.8, 4) is 0 Å². The van der Waals surface area contributed by atoms with Crippen LogP contribution in [0, 0.1) is 12.8 Å². The molecule has 1 aliphatic rings. The van der Waals surface area contributed by atoms with E-state index in [1.165, 1.54) is 0 Å². The van der Waals surface area contributed by atoms with Crippen LogP contribution in [0.2, 0.25) is 0 Å². The van der Waals surface area contributed by atoms with Gasteiger partial charge in [0.1, 0.15) is 18.0 Å². The number of rotatable bonds is 4. The molecule has 0 spiro atoms. The lowest BCUT2D eigenvalue weighted by molar-refractivity contribution is -0.130. The molecule has 0 aromatic carbocycles. The summed E-state index contributed by atoms with van der Waals surface area (Å²) in [6.07, 6.45) is 6.35. The number of nitrogens with one attached hydrogen (secondary N) is 1. The van der Waals surface area contributed by atoms with Gasteiger partial charge in [-0.3, -0.25) is 4.79 Å². The second-order valence-electron chi connectivity index (χ2n) is 6.34. The Kier molecular flexibility index (Phi) is 5.03. The maximum absolute atomic E-state index is 11.4. The molecule has 2 aromatic heterocycles. The van der Waals surface area contributed by atoms with Crippen molar-refractivity contribution >= 4 is 17.5 Å². The Hall–Kier alpha value is -2.50. The Bertz CT molecular complexity index is 710. The van der Waals surface area contributed by atoms with Crippen molar-refractivity contribution in [2.24, 2.45) is 5.92 Å². The minimum absolute atomic E-state index is 0.174. The highest BCUT2D eigenvalue weighted by Gasteiger charge is 2.21. The van der Waals surface area contributed by atoms with E-state index in [2.05, 4.69) is 20.3 Å². The maximum Gasteiger partial charge on any atom is 0.219 e. The molecule has 2 aromatic rings. The minimum Gasteiger partial charge on any atom is -0.343 e. The van der Waals surface area contributed by atoms with Gasteiger partial charge in [-0.1, -0.05) is 6.07 Å². The predicted octanol–water partition coefficient (Wildman–Crippen LogP) is 2.72. The van der Waals surface area contributed by atoms with Gasteiger partial charge in [-0.15, -0.1) is 0 Å². The lowest BCUT2D eigenvalue weighted by Gasteiger charge is -2.31. The summed E-state index contributed by atoms with van der Waals surface area (Å²) in [4.78, 5) is 26.3. The Labute approximate surface area is 142 Å². The number of likely N-dealkylation sites (tertiary alicyclic amines) is 1. The number of nitrogens with zero attached hydrogens (tertiary/aromatic N) is 4. The van der Waals surface area contributed by atoms with Gasteiger partial charge in [0.15, 0.2) is 0 Å². The summed E-state index contributed by atoms with van der Waals surface area (Å²) in [7, 11) is 0. The Morgan fingerprint density at radius 2 is 2.08 bits per heavy atom. The summed E-state index contributed by atoms with van der Waals surface area (Å²) < 4.78 is 0. The van der Waals surface area contributed by atoms with Crippen molar-refractivity contribution in [2.45, 2.75) is 33.1 Å². The van der Waals surface area contributed by atoms with Crippen LogP contribution in [0.15, 0.2) is 30.7 Å². The number of pyridine rings is 1. The molecule has 1 amide bonds. The molecule has 1 N–H and O–H groups in total. The second kappa shape index (κ2) is 7.38. The van der Waals surface area contributed by atoms with Crippen LogP contribution in [0.4, 0.5) is 11.6 Å². The van der Waals surface area contributed by atoms with Crippen LogP contribution in [0.3, 0.4) is 0 Å². The third kappa shape index (κ3) is 4.07. The number of carbonyl (C=O) groups is 1. The van der Waals surface area contributed by atoms with Crippen molar-refractivity contribution in [3.05, 3.63) is 42.0 Å². The molecule has 0 atom stereocenters. The largest absolute Gasteiger partial charge is 0.343 e. The van der Waals surface area contributed by atoms with Crippen LogP contribution < -0.4 is 5.32 Å². The molecule has 0 radical (unpaired) electrons. The number of aromatic nitrogens is 3. The fourth-order valence-electron chi connectivity index (χ4n) is 3.06. The lowest BCUT2D eigenvalue weighted by Crippen LogP contribution is -2.37. The van der Waals surface area contributed by atoms with Crippen LogP contribution in [0.25, 0.3) is 0 Å². The van der Waals surface area contributed by atoms with Crippen LogP contribution in [-0.2, 0) is 11.2 Å². The minimum atomic E-state index is 0.174. The van der Waals surface area contributed by atoms with Crippen molar-refractivity contribution < 1.29 is 4.79 Å². The van der Waals surface area contributed by atoms with Gasteiger partial charge in [-0.25, -0.2) is 15.0 Å². The van der Waals surface area contributed by atoms with Crippen molar-refractivity contribution in [1.82, 2.24) is 19.9 Å². The van der Waals surface area contributed by atoms with Crippen molar-refractivity contribution in [1.29, 1.82) is 0 Å². The van der Waals surface area contributed by atoms with Gasteiger partial charge in [0, 0.05) is 38.0 Å². The summed E-state index contributed by atoms with van der Waals surface area (Å²) in [5.41, 5.74) is 2.11. The molecule has 3 rings (SSSR count). The van der Waals surface area contributed by atoms with Crippen molar-refractivity contribution in [2.75, 3.05) is 18.4 Å². The molecule has 0 aliphatic carbocycles. The first-order valence-electron chi connectivity index (χ1n) is 8.37. The highest BCUT2D eigenvalue weighted by Crippen LogP contribution is 2.22.